The van der Waals surface area contributed by atoms with Crippen LogP contribution in [0.15, 0.2) is 24.3 Å². The lowest BCUT2D eigenvalue weighted by Gasteiger charge is -2.26. The zero-order valence-corrected chi connectivity index (χ0v) is 15.9. The van der Waals surface area contributed by atoms with E-state index in [0.29, 0.717) is 0 Å². The molecule has 0 aliphatic carbocycles. The fraction of sp³-hybridized carbons (Fsp3) is 0.500. The second-order valence-corrected chi connectivity index (χ2v) is 15.8. The van der Waals surface area contributed by atoms with Gasteiger partial charge in [-0.1, -0.05) is 25.1 Å². The maximum absolute atomic E-state index is 6.20. The summed E-state index contributed by atoms with van der Waals surface area (Å²) in [5, 5.41) is 0. The third-order valence-corrected chi connectivity index (χ3v) is 4.01. The van der Waals surface area contributed by atoms with Crippen LogP contribution in [0.5, 0.6) is 11.5 Å². The zero-order chi connectivity index (χ0) is 15.4. The van der Waals surface area contributed by atoms with Gasteiger partial charge in [-0.3, -0.25) is 0 Å². The highest BCUT2D eigenvalue weighted by Crippen LogP contribution is 2.33. The highest BCUT2D eigenvalue weighted by Gasteiger charge is 2.22. The van der Waals surface area contributed by atoms with Crippen LogP contribution >= 0.6 is 0 Å². The van der Waals surface area contributed by atoms with Crippen LogP contribution in [0.4, 0.5) is 0 Å². The zero-order valence-electron chi connectivity index (χ0n) is 13.9. The van der Waals surface area contributed by atoms with E-state index < -0.39 is 16.6 Å². The van der Waals surface area contributed by atoms with Crippen LogP contribution in [-0.2, 0) is 0 Å². The fourth-order valence-corrected chi connectivity index (χ4v) is 3.35. The average Bonchev–Trinajstić information content (AvgIpc) is 2.25. The van der Waals surface area contributed by atoms with Crippen LogP contribution in [0.2, 0.25) is 39.3 Å². The highest BCUT2D eigenvalue weighted by atomic mass is 28.4. The predicted molar refractivity (Wildman–Crippen MR) is 93.7 cm³/mol. The molecule has 0 aliphatic heterocycles. The molecule has 1 aromatic rings. The molecule has 4 heteroatoms. The van der Waals surface area contributed by atoms with E-state index in [9.17, 15) is 0 Å². The van der Waals surface area contributed by atoms with E-state index in [1.807, 2.05) is 6.07 Å². The van der Waals surface area contributed by atoms with Gasteiger partial charge in [-0.2, -0.15) is 0 Å². The summed E-state index contributed by atoms with van der Waals surface area (Å²) in [5.41, 5.74) is 1.17. The van der Waals surface area contributed by atoms with Gasteiger partial charge in [0.2, 0.25) is 16.6 Å². The number of benzene rings is 1. The van der Waals surface area contributed by atoms with Crippen LogP contribution in [0.3, 0.4) is 0 Å². The van der Waals surface area contributed by atoms with Gasteiger partial charge in [-0.15, -0.1) is 0 Å². The van der Waals surface area contributed by atoms with Gasteiger partial charge >= 0.3 is 0 Å². The normalized spacial score (nSPS) is 12.8. The van der Waals surface area contributed by atoms with E-state index in [1.54, 1.807) is 0 Å². The molecule has 0 unspecified atom stereocenters. The summed E-state index contributed by atoms with van der Waals surface area (Å²) in [6.45, 7) is 15.3. The molecule has 0 saturated carbocycles. The molecule has 0 heterocycles. The first-order valence-corrected chi connectivity index (χ1v) is 14.1. The van der Waals surface area contributed by atoms with Gasteiger partial charge in [-0.05, 0) is 63.4 Å². The smallest absolute Gasteiger partial charge is 0.242 e. The summed E-state index contributed by atoms with van der Waals surface area (Å²) in [6, 6.07) is 6.24. The van der Waals surface area contributed by atoms with Gasteiger partial charge in [-0.25, -0.2) is 0 Å². The van der Waals surface area contributed by atoms with Crippen molar-refractivity contribution >= 4 is 22.7 Å². The predicted octanol–water partition coefficient (Wildman–Crippen LogP) is 5.54. The summed E-state index contributed by atoms with van der Waals surface area (Å²) in [7, 11) is -3.28. The molecule has 112 valence electrons. The average molecular weight is 309 g/mol. The molecule has 0 N–H and O–H groups in total. The van der Waals surface area contributed by atoms with Gasteiger partial charge < -0.3 is 8.85 Å². The van der Waals surface area contributed by atoms with Crippen molar-refractivity contribution in [2.75, 3.05) is 0 Å². The number of rotatable bonds is 6. The first kappa shape index (κ1) is 17.0. The first-order chi connectivity index (χ1) is 9.11. The Balaban J connectivity index is 3.12. The molecule has 0 amide bonds. The number of hydrogen-bond donors (Lipinski definition) is 0. The Morgan fingerprint density at radius 3 is 1.95 bits per heavy atom. The van der Waals surface area contributed by atoms with Crippen molar-refractivity contribution in [2.24, 2.45) is 0 Å². The Kier molecular flexibility index (Phi) is 5.65. The van der Waals surface area contributed by atoms with Crippen LogP contribution in [0.1, 0.15) is 18.9 Å². The molecule has 0 bridgehead atoms. The van der Waals surface area contributed by atoms with E-state index in [4.69, 9.17) is 8.85 Å². The molecule has 0 aromatic heterocycles. The number of hydrogen-bond acceptors (Lipinski definition) is 2. The van der Waals surface area contributed by atoms with E-state index in [1.165, 1.54) is 5.56 Å². The van der Waals surface area contributed by atoms with Gasteiger partial charge in [0.1, 0.15) is 11.5 Å². The minimum Gasteiger partial charge on any atom is -0.542 e. The van der Waals surface area contributed by atoms with Crippen LogP contribution in [-0.4, -0.2) is 16.6 Å². The lowest BCUT2D eigenvalue weighted by Crippen LogP contribution is -2.32. The van der Waals surface area contributed by atoms with Crippen molar-refractivity contribution in [1.29, 1.82) is 0 Å². The van der Waals surface area contributed by atoms with Crippen molar-refractivity contribution in [1.82, 2.24) is 0 Å². The third kappa shape index (κ3) is 6.43. The molecule has 0 saturated heterocycles. The number of allylic oxidation sites excluding steroid dienone is 1. The molecule has 0 fully saturated rings. The molecular weight excluding hydrogens is 280 g/mol. The quantitative estimate of drug-likeness (QED) is 0.643. The molecule has 1 rings (SSSR count). The van der Waals surface area contributed by atoms with Crippen LogP contribution in [0.25, 0.3) is 6.08 Å². The summed E-state index contributed by atoms with van der Waals surface area (Å²) in [5.74, 6) is 1.78. The Morgan fingerprint density at radius 1 is 0.900 bits per heavy atom. The standard InChI is InChI=1S/C16H28O2Si2/c1-8-9-10-14-11-12-15(17-19(2,3)4)16(13-14)18-20(5,6)7/h9-13H,8H2,1-7H3/b10-9+. The van der Waals surface area contributed by atoms with E-state index in [2.05, 4.69) is 70.5 Å². The fourth-order valence-electron chi connectivity index (χ4n) is 1.71. The first-order valence-electron chi connectivity index (χ1n) is 7.29. The van der Waals surface area contributed by atoms with Crippen molar-refractivity contribution in [3.63, 3.8) is 0 Å². The maximum Gasteiger partial charge on any atom is 0.242 e. The molecule has 0 radical (unpaired) electrons. The van der Waals surface area contributed by atoms with Gasteiger partial charge in [0.05, 0.1) is 0 Å². The minimum atomic E-state index is -1.65. The molecule has 1 aromatic carbocycles. The minimum absolute atomic E-state index is 0.889. The van der Waals surface area contributed by atoms with E-state index >= 15 is 0 Å². The topological polar surface area (TPSA) is 18.5 Å². The summed E-state index contributed by atoms with van der Waals surface area (Å²) in [6.07, 6.45) is 5.33. The van der Waals surface area contributed by atoms with E-state index in [-0.39, 0.29) is 0 Å². The third-order valence-electron chi connectivity index (χ3n) is 2.35. The molecule has 0 aliphatic rings. The Morgan fingerprint density at radius 2 is 1.45 bits per heavy atom. The summed E-state index contributed by atoms with van der Waals surface area (Å²) in [4.78, 5) is 0. The Hall–Kier alpha value is -1.01. The van der Waals surface area contributed by atoms with Crippen molar-refractivity contribution in [3.05, 3.63) is 29.8 Å². The summed E-state index contributed by atoms with van der Waals surface area (Å²) >= 11 is 0. The van der Waals surface area contributed by atoms with Crippen LogP contribution in [0, 0.1) is 0 Å². The molecule has 2 nitrogen and oxygen atoms in total. The van der Waals surface area contributed by atoms with Gasteiger partial charge in [0.15, 0.2) is 0 Å². The monoisotopic (exact) mass is 308 g/mol. The van der Waals surface area contributed by atoms with E-state index in [0.717, 1.165) is 17.9 Å². The Labute approximate surface area is 126 Å². The lowest BCUT2D eigenvalue weighted by molar-refractivity contribution is 0.489. The molecule has 0 atom stereocenters. The molecule has 0 spiro atoms. The highest BCUT2D eigenvalue weighted by molar-refractivity contribution is 6.71. The SMILES string of the molecule is CC/C=C/c1ccc(O[Si](C)(C)C)c(O[Si](C)(C)C)c1. The molecular formula is C16H28O2Si2. The van der Waals surface area contributed by atoms with Crippen LogP contribution < -0.4 is 8.85 Å². The van der Waals surface area contributed by atoms with Gasteiger partial charge in [0.25, 0.3) is 0 Å². The second-order valence-electron chi connectivity index (χ2n) is 6.95. The molecule has 20 heavy (non-hydrogen) atoms. The lowest BCUT2D eigenvalue weighted by atomic mass is 10.2. The Bertz CT molecular complexity index is 468. The van der Waals surface area contributed by atoms with Crippen molar-refractivity contribution in [2.45, 2.75) is 52.6 Å². The largest absolute Gasteiger partial charge is 0.542 e. The van der Waals surface area contributed by atoms with Crippen molar-refractivity contribution in [3.8, 4) is 11.5 Å². The van der Waals surface area contributed by atoms with Crippen molar-refractivity contribution < 1.29 is 8.85 Å². The second kappa shape index (κ2) is 6.63. The maximum atomic E-state index is 6.20. The van der Waals surface area contributed by atoms with Gasteiger partial charge in [0, 0.05) is 0 Å². The summed E-state index contributed by atoms with van der Waals surface area (Å²) < 4.78 is 12.4.